The van der Waals surface area contributed by atoms with E-state index >= 15 is 0 Å². The molecule has 8 heteroatoms. The molecule has 0 radical (unpaired) electrons. The Morgan fingerprint density at radius 2 is 1.88 bits per heavy atom. The highest BCUT2D eigenvalue weighted by Gasteiger charge is 2.36. The van der Waals surface area contributed by atoms with Crippen molar-refractivity contribution in [1.82, 2.24) is 15.0 Å². The predicted octanol–water partition coefficient (Wildman–Crippen LogP) is 3.39. The summed E-state index contributed by atoms with van der Waals surface area (Å²) in [6.07, 6.45) is 0. The second kappa shape index (κ2) is 6.29. The fourth-order valence-corrected chi connectivity index (χ4v) is 2.76. The van der Waals surface area contributed by atoms with Gasteiger partial charge in [-0.05, 0) is 30.3 Å². The van der Waals surface area contributed by atoms with Gasteiger partial charge in [-0.1, -0.05) is 17.3 Å². The molecule has 132 valence electrons. The van der Waals surface area contributed by atoms with E-state index in [4.69, 9.17) is 4.52 Å². The van der Waals surface area contributed by atoms with Crippen LogP contribution < -0.4 is 0 Å². The van der Waals surface area contributed by atoms with Gasteiger partial charge in [-0.15, -0.1) is 0 Å². The SMILES string of the molecule is O=C(c1ccc(F)c(F)c1)N1CC(c2nc(-c3cccc(F)c3)no2)C1. The van der Waals surface area contributed by atoms with Crippen LogP contribution in [0.15, 0.2) is 47.0 Å². The molecule has 1 aromatic heterocycles. The highest BCUT2D eigenvalue weighted by molar-refractivity contribution is 5.94. The van der Waals surface area contributed by atoms with Gasteiger partial charge < -0.3 is 9.42 Å². The second-order valence-electron chi connectivity index (χ2n) is 6.00. The maximum Gasteiger partial charge on any atom is 0.254 e. The zero-order valence-corrected chi connectivity index (χ0v) is 13.3. The minimum absolute atomic E-state index is 0.0772. The van der Waals surface area contributed by atoms with Gasteiger partial charge in [-0.25, -0.2) is 13.2 Å². The fraction of sp³-hybridized carbons (Fsp3) is 0.167. The molecule has 0 spiro atoms. The monoisotopic (exact) mass is 359 g/mol. The molecule has 1 aliphatic rings. The van der Waals surface area contributed by atoms with Crippen molar-refractivity contribution in [3.8, 4) is 11.4 Å². The summed E-state index contributed by atoms with van der Waals surface area (Å²) in [5.74, 6) is -2.41. The second-order valence-corrected chi connectivity index (χ2v) is 6.00. The molecule has 26 heavy (non-hydrogen) atoms. The Labute approximate surface area is 146 Å². The molecule has 1 aliphatic heterocycles. The van der Waals surface area contributed by atoms with Gasteiger partial charge in [0, 0.05) is 24.2 Å². The Kier molecular flexibility index (Phi) is 3.95. The van der Waals surface area contributed by atoms with Gasteiger partial charge in [0.15, 0.2) is 11.6 Å². The standard InChI is InChI=1S/C18H12F3N3O2/c19-13-3-1-2-10(6-13)16-22-17(26-23-16)12-8-24(9-12)18(25)11-4-5-14(20)15(21)7-11/h1-7,12H,8-9H2. The van der Waals surface area contributed by atoms with Crippen LogP contribution in [0, 0.1) is 17.5 Å². The molecule has 3 aromatic rings. The molecule has 2 aromatic carbocycles. The van der Waals surface area contributed by atoms with Gasteiger partial charge in [-0.3, -0.25) is 4.79 Å². The first-order valence-electron chi connectivity index (χ1n) is 7.85. The maximum atomic E-state index is 13.3. The summed E-state index contributed by atoms with van der Waals surface area (Å²) in [6.45, 7) is 0.644. The minimum atomic E-state index is -1.07. The van der Waals surface area contributed by atoms with Crippen LogP contribution in [0.5, 0.6) is 0 Å². The first-order chi connectivity index (χ1) is 12.5. The quantitative estimate of drug-likeness (QED) is 0.719. The van der Waals surface area contributed by atoms with Crippen molar-refractivity contribution in [2.75, 3.05) is 13.1 Å². The van der Waals surface area contributed by atoms with Crippen LogP contribution in [0.25, 0.3) is 11.4 Å². The highest BCUT2D eigenvalue weighted by atomic mass is 19.2. The molecule has 1 amide bonds. The summed E-state index contributed by atoms with van der Waals surface area (Å²) >= 11 is 0. The average molecular weight is 359 g/mol. The number of benzene rings is 2. The van der Waals surface area contributed by atoms with Gasteiger partial charge in [0.1, 0.15) is 5.82 Å². The third-order valence-corrected chi connectivity index (χ3v) is 4.21. The molecule has 4 rings (SSSR count). The molecule has 1 fully saturated rings. The van der Waals surface area contributed by atoms with E-state index < -0.39 is 23.4 Å². The van der Waals surface area contributed by atoms with Crippen LogP contribution in [0.4, 0.5) is 13.2 Å². The van der Waals surface area contributed by atoms with Gasteiger partial charge in [0.05, 0.1) is 5.92 Å². The summed E-state index contributed by atoms with van der Waals surface area (Å²) in [6, 6.07) is 8.86. The van der Waals surface area contributed by atoms with Gasteiger partial charge in [0.25, 0.3) is 5.91 Å². The van der Waals surface area contributed by atoms with Crippen molar-refractivity contribution in [1.29, 1.82) is 0 Å². The molecule has 0 aliphatic carbocycles. The van der Waals surface area contributed by atoms with Crippen molar-refractivity contribution in [2.45, 2.75) is 5.92 Å². The van der Waals surface area contributed by atoms with Crippen molar-refractivity contribution < 1.29 is 22.5 Å². The predicted molar refractivity (Wildman–Crippen MR) is 84.7 cm³/mol. The molecule has 2 heterocycles. The van der Waals surface area contributed by atoms with E-state index in [0.717, 1.165) is 12.1 Å². The third-order valence-electron chi connectivity index (χ3n) is 4.21. The van der Waals surface area contributed by atoms with Crippen LogP contribution >= 0.6 is 0 Å². The fourth-order valence-electron chi connectivity index (χ4n) is 2.76. The molecule has 5 nitrogen and oxygen atoms in total. The number of carbonyl (C=O) groups excluding carboxylic acids is 1. The third kappa shape index (κ3) is 2.94. The molecule has 0 atom stereocenters. The first kappa shape index (κ1) is 16.3. The number of aromatic nitrogens is 2. The number of hydrogen-bond acceptors (Lipinski definition) is 4. The number of halogens is 3. The zero-order chi connectivity index (χ0) is 18.3. The number of amides is 1. The minimum Gasteiger partial charge on any atom is -0.339 e. The Morgan fingerprint density at radius 1 is 1.08 bits per heavy atom. The number of likely N-dealkylation sites (tertiary alicyclic amines) is 1. The Balaban J connectivity index is 1.43. The number of nitrogens with zero attached hydrogens (tertiary/aromatic N) is 3. The van der Waals surface area contributed by atoms with Crippen molar-refractivity contribution in [2.24, 2.45) is 0 Å². The molecular weight excluding hydrogens is 347 g/mol. The maximum absolute atomic E-state index is 13.3. The van der Waals surface area contributed by atoms with E-state index in [-0.39, 0.29) is 17.3 Å². The van der Waals surface area contributed by atoms with Gasteiger partial charge >= 0.3 is 0 Å². The van der Waals surface area contributed by atoms with Gasteiger partial charge in [-0.2, -0.15) is 4.98 Å². The van der Waals surface area contributed by atoms with E-state index in [1.165, 1.54) is 23.1 Å². The lowest BCUT2D eigenvalue weighted by atomic mass is 9.98. The lowest BCUT2D eigenvalue weighted by Gasteiger charge is -2.37. The van der Waals surface area contributed by atoms with E-state index in [0.29, 0.717) is 24.5 Å². The Bertz CT molecular complexity index is 983. The summed E-state index contributed by atoms with van der Waals surface area (Å²) in [4.78, 5) is 18.0. The molecule has 0 N–H and O–H groups in total. The molecule has 0 saturated carbocycles. The van der Waals surface area contributed by atoms with Crippen LogP contribution in [0.2, 0.25) is 0 Å². The number of hydrogen-bond donors (Lipinski definition) is 0. The molecule has 0 unspecified atom stereocenters. The summed E-state index contributed by atoms with van der Waals surface area (Å²) in [5, 5.41) is 3.83. The Morgan fingerprint density at radius 3 is 2.62 bits per heavy atom. The van der Waals surface area contributed by atoms with Gasteiger partial charge in [0.2, 0.25) is 11.7 Å². The normalized spacial score (nSPS) is 14.3. The van der Waals surface area contributed by atoms with Crippen LogP contribution in [-0.4, -0.2) is 34.0 Å². The highest BCUT2D eigenvalue weighted by Crippen LogP contribution is 2.29. The summed E-state index contributed by atoms with van der Waals surface area (Å²) < 4.78 is 44.7. The zero-order valence-electron chi connectivity index (χ0n) is 13.3. The summed E-state index contributed by atoms with van der Waals surface area (Å²) in [7, 11) is 0. The lowest BCUT2D eigenvalue weighted by Crippen LogP contribution is -2.48. The summed E-state index contributed by atoms with van der Waals surface area (Å²) in [5.41, 5.74) is 0.572. The van der Waals surface area contributed by atoms with Crippen molar-refractivity contribution >= 4 is 5.91 Å². The van der Waals surface area contributed by atoms with Crippen LogP contribution in [0.3, 0.4) is 0 Å². The number of carbonyl (C=O) groups is 1. The molecule has 1 saturated heterocycles. The van der Waals surface area contributed by atoms with Crippen LogP contribution in [0.1, 0.15) is 22.2 Å². The van der Waals surface area contributed by atoms with E-state index in [1.54, 1.807) is 12.1 Å². The smallest absolute Gasteiger partial charge is 0.254 e. The lowest BCUT2D eigenvalue weighted by molar-refractivity contribution is 0.0568. The Hall–Kier alpha value is -3.16. The largest absolute Gasteiger partial charge is 0.339 e. The topological polar surface area (TPSA) is 59.2 Å². The van der Waals surface area contributed by atoms with Crippen molar-refractivity contribution in [3.05, 3.63) is 71.4 Å². The molecule has 0 bridgehead atoms. The van der Waals surface area contributed by atoms with Crippen LogP contribution in [-0.2, 0) is 0 Å². The number of rotatable bonds is 3. The van der Waals surface area contributed by atoms with E-state index in [9.17, 15) is 18.0 Å². The first-order valence-corrected chi connectivity index (χ1v) is 7.85. The average Bonchev–Trinajstić information content (AvgIpc) is 3.05. The van der Waals surface area contributed by atoms with Crippen molar-refractivity contribution in [3.63, 3.8) is 0 Å². The van der Waals surface area contributed by atoms with E-state index in [1.807, 2.05) is 0 Å². The molecular formula is C18H12F3N3O2. The van der Waals surface area contributed by atoms with E-state index in [2.05, 4.69) is 10.1 Å².